The maximum atomic E-state index is 12.4. The van der Waals surface area contributed by atoms with Gasteiger partial charge in [-0.1, -0.05) is 19.3 Å². The van der Waals surface area contributed by atoms with E-state index in [4.69, 9.17) is 9.47 Å². The molecule has 134 valence electrons. The van der Waals surface area contributed by atoms with Gasteiger partial charge in [-0.15, -0.1) is 0 Å². The average Bonchev–Trinajstić information content (AvgIpc) is 3.02. The summed E-state index contributed by atoms with van der Waals surface area (Å²) in [4.78, 5) is 26.6. The molecule has 0 radical (unpaired) electrons. The zero-order valence-corrected chi connectivity index (χ0v) is 14.3. The molecule has 25 heavy (non-hydrogen) atoms. The second-order valence-electron chi connectivity index (χ2n) is 7.08. The molecule has 1 saturated heterocycles. The summed E-state index contributed by atoms with van der Waals surface area (Å²) in [7, 11) is 0. The highest BCUT2D eigenvalue weighted by atomic mass is 16.6. The third kappa shape index (κ3) is 3.43. The van der Waals surface area contributed by atoms with Crippen LogP contribution in [0, 0.1) is 5.92 Å². The van der Waals surface area contributed by atoms with Gasteiger partial charge in [0.25, 0.3) is 0 Å². The molecular formula is C19H24N2O4. The molecule has 1 unspecified atom stereocenters. The van der Waals surface area contributed by atoms with Gasteiger partial charge in [-0.05, 0) is 25.0 Å². The second kappa shape index (κ2) is 6.94. The molecule has 1 aromatic rings. The van der Waals surface area contributed by atoms with E-state index in [9.17, 15) is 9.59 Å². The zero-order chi connectivity index (χ0) is 17.2. The Morgan fingerprint density at radius 1 is 1.08 bits per heavy atom. The van der Waals surface area contributed by atoms with Crippen LogP contribution >= 0.6 is 0 Å². The van der Waals surface area contributed by atoms with E-state index in [-0.39, 0.29) is 23.8 Å². The van der Waals surface area contributed by atoms with Crippen molar-refractivity contribution in [3.63, 3.8) is 0 Å². The van der Waals surface area contributed by atoms with Crippen LogP contribution in [0.2, 0.25) is 0 Å². The minimum Gasteiger partial charge on any atom is -0.486 e. The summed E-state index contributed by atoms with van der Waals surface area (Å²) in [6, 6.07) is 5.44. The lowest BCUT2D eigenvalue weighted by Crippen LogP contribution is -2.41. The lowest BCUT2D eigenvalue weighted by molar-refractivity contribution is -0.126. The summed E-state index contributed by atoms with van der Waals surface area (Å²) in [6.07, 6.45) is 5.78. The lowest BCUT2D eigenvalue weighted by atomic mass is 9.88. The van der Waals surface area contributed by atoms with Gasteiger partial charge in [0.05, 0.1) is 6.04 Å². The van der Waals surface area contributed by atoms with Crippen LogP contribution in [0.3, 0.4) is 0 Å². The number of hydrogen-bond donors (Lipinski definition) is 1. The molecule has 0 spiro atoms. The smallest absolute Gasteiger partial charge is 0.229 e. The Labute approximate surface area is 147 Å². The Bertz CT molecular complexity index is 669. The molecule has 0 aromatic heterocycles. The molecule has 2 aliphatic heterocycles. The van der Waals surface area contributed by atoms with E-state index in [0.29, 0.717) is 37.7 Å². The number of nitrogens with zero attached hydrogens (tertiary/aromatic N) is 1. The molecule has 2 amide bonds. The van der Waals surface area contributed by atoms with Gasteiger partial charge in [-0.3, -0.25) is 9.59 Å². The van der Waals surface area contributed by atoms with E-state index in [1.54, 1.807) is 4.90 Å². The van der Waals surface area contributed by atoms with Crippen LogP contribution in [0.4, 0.5) is 5.69 Å². The van der Waals surface area contributed by atoms with Gasteiger partial charge >= 0.3 is 0 Å². The standard InChI is InChI=1S/C19H24N2O4/c22-18-10-14(20-19(23)13-4-2-1-3-5-13)12-21(18)15-6-7-16-17(11-15)25-9-8-24-16/h6-7,11,13-14H,1-5,8-10,12H2,(H,20,23). The van der Waals surface area contributed by atoms with Gasteiger partial charge < -0.3 is 19.7 Å². The van der Waals surface area contributed by atoms with Crippen LogP contribution in [0.1, 0.15) is 38.5 Å². The Hall–Kier alpha value is -2.24. The van der Waals surface area contributed by atoms with Crippen LogP contribution in [-0.2, 0) is 9.59 Å². The third-order valence-electron chi connectivity index (χ3n) is 5.28. The van der Waals surface area contributed by atoms with Crippen molar-refractivity contribution in [3.8, 4) is 11.5 Å². The summed E-state index contributed by atoms with van der Waals surface area (Å²) in [6.45, 7) is 1.58. The first kappa shape index (κ1) is 16.2. The number of carbonyl (C=O) groups is 2. The summed E-state index contributed by atoms with van der Waals surface area (Å²) in [5, 5.41) is 3.08. The fourth-order valence-electron chi connectivity index (χ4n) is 3.94. The second-order valence-corrected chi connectivity index (χ2v) is 7.08. The highest BCUT2D eigenvalue weighted by Gasteiger charge is 2.33. The van der Waals surface area contributed by atoms with E-state index in [2.05, 4.69) is 5.32 Å². The maximum Gasteiger partial charge on any atom is 0.229 e. The molecular weight excluding hydrogens is 320 g/mol. The molecule has 1 atom stereocenters. The highest BCUT2D eigenvalue weighted by molar-refractivity contribution is 5.97. The van der Waals surface area contributed by atoms with Crippen LogP contribution in [-0.4, -0.2) is 37.6 Å². The van der Waals surface area contributed by atoms with Crippen molar-refractivity contribution in [2.45, 2.75) is 44.6 Å². The average molecular weight is 344 g/mol. The number of carbonyl (C=O) groups excluding carboxylic acids is 2. The molecule has 3 aliphatic rings. The normalized spacial score (nSPS) is 23.6. The third-order valence-corrected chi connectivity index (χ3v) is 5.28. The van der Waals surface area contributed by atoms with E-state index in [1.807, 2.05) is 18.2 Å². The molecule has 1 aliphatic carbocycles. The predicted molar refractivity (Wildman–Crippen MR) is 92.9 cm³/mol. The molecule has 2 heterocycles. The van der Waals surface area contributed by atoms with Crippen molar-refractivity contribution in [1.82, 2.24) is 5.32 Å². The molecule has 4 rings (SSSR count). The van der Waals surface area contributed by atoms with Gasteiger partial charge in [0.15, 0.2) is 11.5 Å². The van der Waals surface area contributed by atoms with Crippen LogP contribution in [0.5, 0.6) is 11.5 Å². The molecule has 1 saturated carbocycles. The predicted octanol–water partition coefficient (Wildman–Crippen LogP) is 2.26. The maximum absolute atomic E-state index is 12.4. The van der Waals surface area contributed by atoms with E-state index < -0.39 is 0 Å². The Balaban J connectivity index is 1.41. The van der Waals surface area contributed by atoms with Crippen molar-refractivity contribution < 1.29 is 19.1 Å². The van der Waals surface area contributed by atoms with Crippen molar-refractivity contribution >= 4 is 17.5 Å². The van der Waals surface area contributed by atoms with Gasteiger partial charge in [0.1, 0.15) is 13.2 Å². The monoisotopic (exact) mass is 344 g/mol. The molecule has 2 fully saturated rings. The minimum absolute atomic E-state index is 0.0330. The largest absolute Gasteiger partial charge is 0.486 e. The molecule has 0 bridgehead atoms. The summed E-state index contributed by atoms with van der Waals surface area (Å²) in [5.41, 5.74) is 0.795. The lowest BCUT2D eigenvalue weighted by Gasteiger charge is -2.24. The number of ether oxygens (including phenoxy) is 2. The molecule has 1 aromatic carbocycles. The van der Waals surface area contributed by atoms with Gasteiger partial charge in [0.2, 0.25) is 11.8 Å². The first-order valence-electron chi connectivity index (χ1n) is 9.21. The minimum atomic E-state index is -0.116. The number of rotatable bonds is 3. The van der Waals surface area contributed by atoms with Gasteiger partial charge in [0, 0.05) is 30.6 Å². The van der Waals surface area contributed by atoms with Gasteiger partial charge in [-0.2, -0.15) is 0 Å². The van der Waals surface area contributed by atoms with Crippen molar-refractivity contribution in [1.29, 1.82) is 0 Å². The van der Waals surface area contributed by atoms with Gasteiger partial charge in [-0.25, -0.2) is 0 Å². The van der Waals surface area contributed by atoms with Crippen molar-refractivity contribution in [2.24, 2.45) is 5.92 Å². The summed E-state index contributed by atoms with van der Waals surface area (Å²) >= 11 is 0. The SMILES string of the molecule is O=C(NC1CC(=O)N(c2ccc3c(c2)OCCO3)C1)C1CCCCC1. The summed E-state index contributed by atoms with van der Waals surface area (Å²) in [5.74, 6) is 1.65. The van der Waals surface area contributed by atoms with E-state index in [0.717, 1.165) is 31.4 Å². The van der Waals surface area contributed by atoms with Crippen LogP contribution < -0.4 is 19.7 Å². The molecule has 6 nitrogen and oxygen atoms in total. The number of anilines is 1. The topological polar surface area (TPSA) is 67.9 Å². The van der Waals surface area contributed by atoms with Crippen molar-refractivity contribution in [2.75, 3.05) is 24.7 Å². The summed E-state index contributed by atoms with van der Waals surface area (Å²) < 4.78 is 11.1. The molecule has 6 heteroatoms. The quantitative estimate of drug-likeness (QED) is 0.913. The van der Waals surface area contributed by atoms with Crippen LogP contribution in [0.15, 0.2) is 18.2 Å². The van der Waals surface area contributed by atoms with Crippen molar-refractivity contribution in [3.05, 3.63) is 18.2 Å². The Morgan fingerprint density at radius 2 is 1.84 bits per heavy atom. The Morgan fingerprint density at radius 3 is 2.64 bits per heavy atom. The number of fused-ring (bicyclic) bond motifs is 1. The molecule has 1 N–H and O–H groups in total. The number of nitrogens with one attached hydrogen (secondary N) is 1. The number of hydrogen-bond acceptors (Lipinski definition) is 4. The number of amides is 2. The fourth-order valence-corrected chi connectivity index (χ4v) is 3.94. The van der Waals surface area contributed by atoms with E-state index in [1.165, 1.54) is 6.42 Å². The first-order chi connectivity index (χ1) is 12.2. The fraction of sp³-hybridized carbons (Fsp3) is 0.579. The van der Waals surface area contributed by atoms with E-state index >= 15 is 0 Å². The highest BCUT2D eigenvalue weighted by Crippen LogP contribution is 2.35. The van der Waals surface area contributed by atoms with Crippen LogP contribution in [0.25, 0.3) is 0 Å². The number of benzene rings is 1. The first-order valence-corrected chi connectivity index (χ1v) is 9.21. The zero-order valence-electron chi connectivity index (χ0n) is 14.3. The Kier molecular flexibility index (Phi) is 4.51.